The van der Waals surface area contributed by atoms with Crippen LogP contribution in [0.1, 0.15) is 10.4 Å². The Labute approximate surface area is 109 Å². The van der Waals surface area contributed by atoms with Gasteiger partial charge in [0.1, 0.15) is 6.54 Å². The molecule has 0 atom stereocenters. The van der Waals surface area contributed by atoms with E-state index < -0.39 is 6.03 Å². The van der Waals surface area contributed by atoms with E-state index in [9.17, 15) is 14.4 Å². The predicted octanol–water partition coefficient (Wildman–Crippen LogP) is 1.42. The Morgan fingerprint density at radius 3 is 2.39 bits per heavy atom. The van der Waals surface area contributed by atoms with Crippen LogP contribution in [0.2, 0.25) is 5.02 Å². The molecule has 1 aliphatic rings. The maximum atomic E-state index is 11.9. The topological polar surface area (TPSA) is 57.7 Å². The van der Waals surface area contributed by atoms with E-state index in [4.69, 9.17) is 11.6 Å². The van der Waals surface area contributed by atoms with Crippen molar-refractivity contribution in [2.24, 2.45) is 0 Å². The highest BCUT2D eigenvalue weighted by atomic mass is 35.5. The highest BCUT2D eigenvalue weighted by Gasteiger charge is 2.34. The van der Waals surface area contributed by atoms with Gasteiger partial charge in [-0.1, -0.05) is 11.6 Å². The summed E-state index contributed by atoms with van der Waals surface area (Å²) in [4.78, 5) is 37.2. The molecule has 18 heavy (non-hydrogen) atoms. The Kier molecular flexibility index (Phi) is 3.34. The number of hydrogen-bond donors (Lipinski definition) is 0. The molecule has 1 saturated heterocycles. The minimum Gasteiger partial charge on any atom is -0.318 e. The quantitative estimate of drug-likeness (QED) is 0.614. The zero-order valence-electron chi connectivity index (χ0n) is 9.72. The molecule has 0 saturated carbocycles. The summed E-state index contributed by atoms with van der Waals surface area (Å²) in [7, 11) is 1.52. The third-order valence-corrected chi connectivity index (χ3v) is 2.95. The molecule has 1 aliphatic heterocycles. The molecule has 94 valence electrons. The maximum absolute atomic E-state index is 11.9. The van der Waals surface area contributed by atoms with Crippen molar-refractivity contribution >= 4 is 29.3 Å². The van der Waals surface area contributed by atoms with Crippen LogP contribution in [0.4, 0.5) is 4.79 Å². The summed E-state index contributed by atoms with van der Waals surface area (Å²) in [5.74, 6) is -0.645. The molecule has 2 rings (SSSR count). The van der Waals surface area contributed by atoms with Crippen molar-refractivity contribution in [3.8, 4) is 0 Å². The molecule has 6 heteroatoms. The molecule has 3 amide bonds. The first-order valence-corrected chi connectivity index (χ1v) is 5.71. The minimum absolute atomic E-state index is 0.0206. The summed E-state index contributed by atoms with van der Waals surface area (Å²) in [5.41, 5.74) is 0.426. The van der Waals surface area contributed by atoms with E-state index >= 15 is 0 Å². The highest BCUT2D eigenvalue weighted by Crippen LogP contribution is 2.13. The van der Waals surface area contributed by atoms with E-state index in [1.54, 1.807) is 24.3 Å². The van der Waals surface area contributed by atoms with Crippen LogP contribution >= 0.6 is 11.6 Å². The van der Waals surface area contributed by atoms with Gasteiger partial charge in [-0.2, -0.15) is 0 Å². The molecular formula is C12H11ClN2O3. The van der Waals surface area contributed by atoms with Gasteiger partial charge in [0.2, 0.25) is 0 Å². The van der Waals surface area contributed by atoms with Crippen LogP contribution in [0.3, 0.4) is 0 Å². The van der Waals surface area contributed by atoms with Gasteiger partial charge in [0.15, 0.2) is 5.78 Å². The number of ketones is 1. The average Bonchev–Trinajstić information content (AvgIpc) is 2.57. The second-order valence-corrected chi connectivity index (χ2v) is 4.49. The lowest BCUT2D eigenvalue weighted by Gasteiger charge is -2.13. The largest absolute Gasteiger partial charge is 0.327 e. The maximum Gasteiger partial charge on any atom is 0.327 e. The van der Waals surface area contributed by atoms with Gasteiger partial charge in [0.05, 0.1) is 6.54 Å². The molecule has 1 heterocycles. The number of imide groups is 1. The number of Topliss-reactive ketones (excluding diaryl/α,β-unsaturated/α-hetero) is 1. The van der Waals surface area contributed by atoms with Gasteiger partial charge in [-0.05, 0) is 24.3 Å². The smallest absolute Gasteiger partial charge is 0.318 e. The van der Waals surface area contributed by atoms with Crippen LogP contribution in [0.15, 0.2) is 24.3 Å². The van der Waals surface area contributed by atoms with Crippen LogP contribution in [0.25, 0.3) is 0 Å². The number of rotatable bonds is 3. The highest BCUT2D eigenvalue weighted by molar-refractivity contribution is 6.30. The number of amides is 3. The van der Waals surface area contributed by atoms with Crippen molar-refractivity contribution in [3.05, 3.63) is 34.9 Å². The molecule has 1 aromatic carbocycles. The average molecular weight is 267 g/mol. The molecule has 1 aromatic rings. The summed E-state index contributed by atoms with van der Waals surface area (Å²) in [6.45, 7) is -0.212. The monoisotopic (exact) mass is 266 g/mol. The van der Waals surface area contributed by atoms with Crippen molar-refractivity contribution < 1.29 is 14.4 Å². The first-order chi connectivity index (χ1) is 8.49. The number of halogens is 1. The van der Waals surface area contributed by atoms with Crippen LogP contribution in [0.5, 0.6) is 0 Å². The Hall–Kier alpha value is -1.88. The summed E-state index contributed by atoms with van der Waals surface area (Å²) in [6, 6.07) is 5.88. The van der Waals surface area contributed by atoms with E-state index in [0.717, 1.165) is 4.90 Å². The molecule has 0 unspecified atom stereocenters. The number of likely N-dealkylation sites (N-methyl/N-ethyl adjacent to an activating group) is 1. The molecular weight excluding hydrogens is 256 g/mol. The second-order valence-electron chi connectivity index (χ2n) is 4.05. The number of benzene rings is 1. The molecule has 0 bridgehead atoms. The normalized spacial score (nSPS) is 15.4. The minimum atomic E-state index is -0.442. The molecule has 5 nitrogen and oxygen atoms in total. The molecule has 0 aromatic heterocycles. The van der Waals surface area contributed by atoms with E-state index in [2.05, 4.69) is 0 Å². The van der Waals surface area contributed by atoms with Gasteiger partial charge in [0, 0.05) is 17.6 Å². The number of hydrogen-bond acceptors (Lipinski definition) is 3. The van der Waals surface area contributed by atoms with Crippen molar-refractivity contribution in [2.45, 2.75) is 0 Å². The van der Waals surface area contributed by atoms with Gasteiger partial charge >= 0.3 is 6.03 Å². The fraction of sp³-hybridized carbons (Fsp3) is 0.250. The van der Waals surface area contributed by atoms with Gasteiger partial charge in [-0.15, -0.1) is 0 Å². The van der Waals surface area contributed by atoms with Crippen LogP contribution in [-0.2, 0) is 4.79 Å². The third kappa shape index (κ3) is 2.36. The lowest BCUT2D eigenvalue weighted by atomic mass is 10.1. The number of urea groups is 1. The molecule has 0 radical (unpaired) electrons. The Morgan fingerprint density at radius 1 is 1.28 bits per heavy atom. The summed E-state index contributed by atoms with van der Waals surface area (Å²) < 4.78 is 0. The fourth-order valence-corrected chi connectivity index (χ4v) is 1.82. The van der Waals surface area contributed by atoms with Crippen molar-refractivity contribution in [2.75, 3.05) is 20.1 Å². The Morgan fingerprint density at radius 2 is 1.89 bits per heavy atom. The molecule has 0 N–H and O–H groups in total. The first kappa shape index (κ1) is 12.6. The Balaban J connectivity index is 2.10. The van der Waals surface area contributed by atoms with Crippen LogP contribution in [0, 0.1) is 0 Å². The van der Waals surface area contributed by atoms with Crippen molar-refractivity contribution in [1.82, 2.24) is 9.80 Å². The lowest BCUT2D eigenvalue weighted by Crippen LogP contribution is -2.36. The standard InChI is InChI=1S/C12H11ClN2O3/c1-14-7-11(17)15(12(14)18)6-10(16)8-2-4-9(13)5-3-8/h2-5H,6-7H2,1H3. The van der Waals surface area contributed by atoms with Gasteiger partial charge in [-0.25, -0.2) is 4.79 Å². The van der Waals surface area contributed by atoms with Crippen LogP contribution in [-0.4, -0.2) is 47.7 Å². The summed E-state index contributed by atoms with van der Waals surface area (Å²) >= 11 is 5.72. The second kappa shape index (κ2) is 4.78. The first-order valence-electron chi connectivity index (χ1n) is 5.33. The third-order valence-electron chi connectivity index (χ3n) is 2.70. The summed E-state index contributed by atoms with van der Waals surface area (Å²) in [5, 5.41) is 0.527. The Bertz CT molecular complexity index is 513. The van der Waals surface area contributed by atoms with E-state index in [1.165, 1.54) is 11.9 Å². The number of carbonyl (C=O) groups excluding carboxylic acids is 3. The van der Waals surface area contributed by atoms with Crippen LogP contribution < -0.4 is 0 Å². The zero-order chi connectivity index (χ0) is 13.3. The van der Waals surface area contributed by atoms with E-state index in [0.29, 0.717) is 10.6 Å². The van der Waals surface area contributed by atoms with Gasteiger partial charge in [-0.3, -0.25) is 14.5 Å². The summed E-state index contributed by atoms with van der Waals surface area (Å²) in [6.07, 6.45) is 0. The van der Waals surface area contributed by atoms with Crippen molar-refractivity contribution in [1.29, 1.82) is 0 Å². The fourth-order valence-electron chi connectivity index (χ4n) is 1.70. The lowest BCUT2D eigenvalue weighted by molar-refractivity contribution is -0.125. The van der Waals surface area contributed by atoms with Crippen molar-refractivity contribution in [3.63, 3.8) is 0 Å². The van der Waals surface area contributed by atoms with Gasteiger partial charge in [0.25, 0.3) is 5.91 Å². The zero-order valence-corrected chi connectivity index (χ0v) is 10.5. The van der Waals surface area contributed by atoms with Gasteiger partial charge < -0.3 is 4.90 Å². The van der Waals surface area contributed by atoms with E-state index in [-0.39, 0.29) is 24.8 Å². The molecule has 1 fully saturated rings. The predicted molar refractivity (Wildman–Crippen MR) is 65.5 cm³/mol. The number of nitrogens with zero attached hydrogens (tertiary/aromatic N) is 2. The van der Waals surface area contributed by atoms with E-state index in [1.807, 2.05) is 0 Å². The SMILES string of the molecule is CN1CC(=O)N(CC(=O)c2ccc(Cl)cc2)C1=O. The number of carbonyl (C=O) groups is 3. The molecule has 0 aliphatic carbocycles. The molecule has 0 spiro atoms.